The van der Waals surface area contributed by atoms with Crippen LogP contribution >= 0.6 is 0 Å². The second kappa shape index (κ2) is 7.43. The Bertz CT molecular complexity index is 223. The van der Waals surface area contributed by atoms with Crippen molar-refractivity contribution in [2.45, 2.75) is 26.3 Å². The molecule has 0 saturated carbocycles. The summed E-state index contributed by atoms with van der Waals surface area (Å²) in [5.41, 5.74) is 0. The molecule has 0 aromatic rings. The Kier molecular flexibility index (Phi) is 5.89. The van der Waals surface area contributed by atoms with Crippen LogP contribution in [0, 0.1) is 5.92 Å². The number of hydrogen-bond donors (Lipinski definition) is 1. The Morgan fingerprint density at radius 3 is 2.39 bits per heavy atom. The van der Waals surface area contributed by atoms with Crippen LogP contribution in [0.3, 0.4) is 0 Å². The van der Waals surface area contributed by atoms with Crippen LogP contribution in [-0.4, -0.2) is 74.9 Å². The van der Waals surface area contributed by atoms with Gasteiger partial charge in [0.25, 0.3) is 0 Å². The first-order valence-electron chi connectivity index (χ1n) is 7.50. The minimum atomic E-state index is 0.754. The quantitative estimate of drug-likeness (QED) is 0.676. The molecule has 106 valence electrons. The van der Waals surface area contributed by atoms with Crippen LogP contribution in [0.15, 0.2) is 0 Å². The van der Waals surface area contributed by atoms with Gasteiger partial charge in [-0.05, 0) is 12.3 Å². The lowest BCUT2D eigenvalue weighted by Gasteiger charge is -2.43. The van der Waals surface area contributed by atoms with Crippen LogP contribution in [0.5, 0.6) is 0 Å². The summed E-state index contributed by atoms with van der Waals surface area (Å²) in [5, 5.41) is 3.35. The highest BCUT2D eigenvalue weighted by Crippen LogP contribution is 2.09. The van der Waals surface area contributed by atoms with E-state index in [9.17, 15) is 0 Å². The van der Waals surface area contributed by atoms with Crippen molar-refractivity contribution < 1.29 is 4.74 Å². The fourth-order valence-corrected chi connectivity index (χ4v) is 2.50. The monoisotopic (exact) mass is 255 g/mol. The molecule has 2 rings (SSSR count). The van der Waals surface area contributed by atoms with Crippen molar-refractivity contribution >= 4 is 0 Å². The molecule has 4 nitrogen and oxygen atoms in total. The lowest BCUT2D eigenvalue weighted by atomic mass is 10.1. The summed E-state index contributed by atoms with van der Waals surface area (Å²) in [6, 6.07) is 0.814. The van der Waals surface area contributed by atoms with E-state index in [2.05, 4.69) is 29.0 Å². The SMILES string of the molecule is CC(C)CCOCCN1CCN(C2CNC2)CC1. The van der Waals surface area contributed by atoms with E-state index in [0.29, 0.717) is 0 Å². The van der Waals surface area contributed by atoms with Gasteiger partial charge in [0.15, 0.2) is 0 Å². The third-order valence-corrected chi connectivity index (χ3v) is 4.07. The van der Waals surface area contributed by atoms with Crippen LogP contribution in [0.4, 0.5) is 0 Å². The van der Waals surface area contributed by atoms with Crippen LogP contribution in [0.2, 0.25) is 0 Å². The Labute approximate surface area is 112 Å². The first-order chi connectivity index (χ1) is 8.75. The summed E-state index contributed by atoms with van der Waals surface area (Å²) in [5.74, 6) is 0.754. The normalized spacial score (nSPS) is 23.5. The highest BCUT2D eigenvalue weighted by atomic mass is 16.5. The van der Waals surface area contributed by atoms with E-state index >= 15 is 0 Å². The third-order valence-electron chi connectivity index (χ3n) is 4.07. The van der Waals surface area contributed by atoms with Gasteiger partial charge in [-0.25, -0.2) is 0 Å². The Morgan fingerprint density at radius 1 is 1.11 bits per heavy atom. The molecule has 2 aliphatic heterocycles. The average Bonchev–Trinajstić information content (AvgIpc) is 2.28. The van der Waals surface area contributed by atoms with Crippen molar-refractivity contribution in [3.63, 3.8) is 0 Å². The van der Waals surface area contributed by atoms with E-state index in [0.717, 1.165) is 31.7 Å². The number of hydrogen-bond acceptors (Lipinski definition) is 4. The number of nitrogens with zero attached hydrogens (tertiary/aromatic N) is 2. The van der Waals surface area contributed by atoms with Crippen molar-refractivity contribution in [2.24, 2.45) is 5.92 Å². The number of nitrogens with one attached hydrogen (secondary N) is 1. The van der Waals surface area contributed by atoms with Gasteiger partial charge in [0.05, 0.1) is 6.61 Å². The molecule has 0 aromatic carbocycles. The molecule has 0 radical (unpaired) electrons. The molecule has 2 fully saturated rings. The minimum Gasteiger partial charge on any atom is -0.380 e. The van der Waals surface area contributed by atoms with Crippen LogP contribution in [0.25, 0.3) is 0 Å². The van der Waals surface area contributed by atoms with Gasteiger partial charge in [0, 0.05) is 58.5 Å². The summed E-state index contributed by atoms with van der Waals surface area (Å²) in [6.07, 6.45) is 1.18. The van der Waals surface area contributed by atoms with Gasteiger partial charge in [-0.3, -0.25) is 9.80 Å². The second-order valence-electron chi connectivity index (χ2n) is 5.98. The zero-order valence-corrected chi connectivity index (χ0v) is 12.0. The molecule has 2 heterocycles. The molecular formula is C14H29N3O. The summed E-state index contributed by atoms with van der Waals surface area (Å²) in [6.45, 7) is 14.7. The van der Waals surface area contributed by atoms with Crippen molar-refractivity contribution in [3.05, 3.63) is 0 Å². The van der Waals surface area contributed by atoms with Crippen LogP contribution < -0.4 is 5.32 Å². The highest BCUT2D eigenvalue weighted by molar-refractivity contribution is 4.87. The Balaban J connectivity index is 1.48. The van der Waals surface area contributed by atoms with Gasteiger partial charge in [-0.1, -0.05) is 13.8 Å². The molecule has 0 aliphatic carbocycles. The zero-order valence-electron chi connectivity index (χ0n) is 12.0. The highest BCUT2D eigenvalue weighted by Gasteiger charge is 2.27. The first kappa shape index (κ1) is 14.3. The molecule has 2 aliphatic rings. The van der Waals surface area contributed by atoms with Crippen LogP contribution in [0.1, 0.15) is 20.3 Å². The van der Waals surface area contributed by atoms with Gasteiger partial charge in [0.1, 0.15) is 0 Å². The molecular weight excluding hydrogens is 226 g/mol. The number of ether oxygens (including phenoxy) is 1. The van der Waals surface area contributed by atoms with E-state index in [1.165, 1.54) is 45.7 Å². The molecule has 0 amide bonds. The summed E-state index contributed by atoms with van der Waals surface area (Å²) in [7, 11) is 0. The van der Waals surface area contributed by atoms with Gasteiger partial charge in [-0.15, -0.1) is 0 Å². The molecule has 0 unspecified atom stereocenters. The van der Waals surface area contributed by atoms with Crippen molar-refractivity contribution in [1.29, 1.82) is 0 Å². The summed E-state index contributed by atoms with van der Waals surface area (Å²) < 4.78 is 5.69. The van der Waals surface area contributed by atoms with E-state index in [1.807, 2.05) is 0 Å². The average molecular weight is 255 g/mol. The maximum atomic E-state index is 5.69. The first-order valence-corrected chi connectivity index (χ1v) is 7.50. The third kappa shape index (κ3) is 4.50. The zero-order chi connectivity index (χ0) is 12.8. The lowest BCUT2D eigenvalue weighted by molar-refractivity contribution is 0.0472. The Morgan fingerprint density at radius 2 is 1.83 bits per heavy atom. The molecule has 0 aromatic heterocycles. The maximum Gasteiger partial charge on any atom is 0.0593 e. The molecule has 18 heavy (non-hydrogen) atoms. The largest absolute Gasteiger partial charge is 0.380 e. The number of piperazine rings is 1. The van der Waals surface area contributed by atoms with Gasteiger partial charge < -0.3 is 10.1 Å². The minimum absolute atomic E-state index is 0.754. The molecule has 0 spiro atoms. The van der Waals surface area contributed by atoms with E-state index in [-0.39, 0.29) is 0 Å². The van der Waals surface area contributed by atoms with Gasteiger partial charge >= 0.3 is 0 Å². The van der Waals surface area contributed by atoms with Crippen molar-refractivity contribution in [3.8, 4) is 0 Å². The predicted molar refractivity (Wildman–Crippen MR) is 74.9 cm³/mol. The summed E-state index contributed by atoms with van der Waals surface area (Å²) in [4.78, 5) is 5.17. The molecule has 0 bridgehead atoms. The van der Waals surface area contributed by atoms with E-state index < -0.39 is 0 Å². The number of rotatable bonds is 7. The lowest BCUT2D eigenvalue weighted by Crippen LogP contribution is -2.61. The predicted octanol–water partition coefficient (Wildman–Crippen LogP) is 0.639. The van der Waals surface area contributed by atoms with Crippen molar-refractivity contribution in [2.75, 3.05) is 59.0 Å². The van der Waals surface area contributed by atoms with E-state index in [1.54, 1.807) is 0 Å². The van der Waals surface area contributed by atoms with Gasteiger partial charge in [0.2, 0.25) is 0 Å². The standard InChI is InChI=1S/C14H29N3O/c1-13(2)3-9-18-10-8-16-4-6-17(7-5-16)14-11-15-12-14/h13-15H,3-12H2,1-2H3. The van der Waals surface area contributed by atoms with Gasteiger partial charge in [-0.2, -0.15) is 0 Å². The summed E-state index contributed by atoms with van der Waals surface area (Å²) >= 11 is 0. The fraction of sp³-hybridized carbons (Fsp3) is 1.00. The van der Waals surface area contributed by atoms with Crippen molar-refractivity contribution in [1.82, 2.24) is 15.1 Å². The molecule has 2 saturated heterocycles. The fourth-order valence-electron chi connectivity index (χ4n) is 2.50. The molecule has 0 atom stereocenters. The smallest absolute Gasteiger partial charge is 0.0593 e. The van der Waals surface area contributed by atoms with E-state index in [4.69, 9.17) is 4.74 Å². The molecule has 1 N–H and O–H groups in total. The Hall–Kier alpha value is -0.160. The maximum absolute atomic E-state index is 5.69. The molecule has 4 heteroatoms. The van der Waals surface area contributed by atoms with Crippen LogP contribution in [-0.2, 0) is 4.74 Å². The topological polar surface area (TPSA) is 27.7 Å². The second-order valence-corrected chi connectivity index (χ2v) is 5.98.